The average Bonchev–Trinajstić information content (AvgIpc) is 2.71. The van der Waals surface area contributed by atoms with Gasteiger partial charge in [0.05, 0.1) is 5.36 Å². The number of carbonyl (C=O) groups is 1. The largest absolute Gasteiger partial charge is 0.378 e. The van der Waals surface area contributed by atoms with Crippen LogP contribution >= 0.6 is 27.7 Å². The van der Waals surface area contributed by atoms with E-state index in [2.05, 4.69) is 45.2 Å². The highest BCUT2D eigenvalue weighted by atomic mass is 79.9. The predicted molar refractivity (Wildman–Crippen MR) is 122 cm³/mol. The summed E-state index contributed by atoms with van der Waals surface area (Å²) in [5.41, 5.74) is 2.62. The van der Waals surface area contributed by atoms with Crippen molar-refractivity contribution in [2.24, 2.45) is 10.1 Å². The molecule has 150 valence electrons. The van der Waals surface area contributed by atoms with Crippen LogP contribution in [-0.4, -0.2) is 35.9 Å². The van der Waals surface area contributed by atoms with Crippen LogP contribution in [-0.2, 0) is 4.79 Å². The Balaban J connectivity index is 1.87. The van der Waals surface area contributed by atoms with Crippen molar-refractivity contribution in [2.75, 3.05) is 24.7 Å². The fourth-order valence-corrected chi connectivity index (χ4v) is 4.35. The lowest BCUT2D eigenvalue weighted by molar-refractivity contribution is -0.116. The molecule has 0 unspecified atom stereocenters. The van der Waals surface area contributed by atoms with Gasteiger partial charge in [0.1, 0.15) is 5.70 Å². The summed E-state index contributed by atoms with van der Waals surface area (Å²) in [4.78, 5) is 20.0. The Morgan fingerprint density at radius 1 is 1.21 bits per heavy atom. The van der Waals surface area contributed by atoms with E-state index in [0.29, 0.717) is 10.9 Å². The fraction of sp³-hybridized carbons (Fsp3) is 0.286. The van der Waals surface area contributed by atoms with Gasteiger partial charge < -0.3 is 4.90 Å². The Kier molecular flexibility index (Phi) is 5.65. The molecule has 2 aliphatic rings. The first kappa shape index (κ1) is 20.0. The maximum atomic E-state index is 13.0. The lowest BCUT2D eigenvalue weighted by atomic mass is 10.1. The number of nitrogens with zero attached hydrogens (tertiary/aromatic N) is 4. The SMILES string of the molecule is CCCSC1=NN2C(=c3cc(Br)ccc3=N[C@H]2c2ccc(N(C)C)cc2)C(=O)N1. The summed E-state index contributed by atoms with van der Waals surface area (Å²) in [6.07, 6.45) is 0.615. The highest BCUT2D eigenvalue weighted by Crippen LogP contribution is 2.31. The molecule has 1 N–H and O–H groups in total. The van der Waals surface area contributed by atoms with Crippen LogP contribution in [0.5, 0.6) is 0 Å². The van der Waals surface area contributed by atoms with Crippen molar-refractivity contribution in [3.05, 3.63) is 63.1 Å². The number of hydrazone groups is 1. The van der Waals surface area contributed by atoms with Gasteiger partial charge in [-0.25, -0.2) is 5.01 Å². The van der Waals surface area contributed by atoms with Crippen molar-refractivity contribution in [1.29, 1.82) is 0 Å². The van der Waals surface area contributed by atoms with Gasteiger partial charge in [-0.3, -0.25) is 15.1 Å². The summed E-state index contributed by atoms with van der Waals surface area (Å²) >= 11 is 5.06. The number of carbonyl (C=O) groups excluding carboxylic acids is 1. The number of hydrogen-bond donors (Lipinski definition) is 1. The van der Waals surface area contributed by atoms with E-state index in [1.165, 1.54) is 0 Å². The minimum Gasteiger partial charge on any atom is -0.378 e. The molecule has 0 spiro atoms. The van der Waals surface area contributed by atoms with Crippen molar-refractivity contribution < 1.29 is 4.79 Å². The number of nitrogens with one attached hydrogen (secondary N) is 1. The minimum atomic E-state index is -0.391. The van der Waals surface area contributed by atoms with Gasteiger partial charge in [-0.2, -0.15) is 0 Å². The maximum Gasteiger partial charge on any atom is 0.276 e. The molecule has 8 heteroatoms. The van der Waals surface area contributed by atoms with Crippen LogP contribution in [0.2, 0.25) is 0 Å². The standard InChI is InChI=1S/C21H22BrN5OS/c1-4-11-29-21-24-20(28)18-16-12-14(22)7-10-17(16)23-19(27(18)25-21)13-5-8-15(9-6-13)26(2)3/h5-10,12,19H,4,11H2,1-3H3,(H,24,25,28)/t19-/m1/s1. The van der Waals surface area contributed by atoms with Crippen LogP contribution in [0.1, 0.15) is 25.1 Å². The number of hydrogen-bond acceptors (Lipinski definition) is 6. The molecule has 1 atom stereocenters. The first-order chi connectivity index (χ1) is 14.0. The van der Waals surface area contributed by atoms with Crippen LogP contribution in [0.25, 0.3) is 5.70 Å². The first-order valence-corrected chi connectivity index (χ1v) is 11.2. The summed E-state index contributed by atoms with van der Waals surface area (Å²) < 4.78 is 0.899. The Morgan fingerprint density at radius 3 is 2.66 bits per heavy atom. The zero-order chi connectivity index (χ0) is 20.5. The number of benzene rings is 2. The molecular formula is C21H22BrN5OS. The molecule has 2 aromatic rings. The summed E-state index contributed by atoms with van der Waals surface area (Å²) in [5, 5.41) is 11.6. The smallest absolute Gasteiger partial charge is 0.276 e. The summed E-state index contributed by atoms with van der Waals surface area (Å²) in [6.45, 7) is 2.11. The molecule has 0 radical (unpaired) electrons. The van der Waals surface area contributed by atoms with Gasteiger partial charge in [0.2, 0.25) is 0 Å². The van der Waals surface area contributed by atoms with Gasteiger partial charge in [-0.1, -0.05) is 46.7 Å². The van der Waals surface area contributed by atoms with Crippen LogP contribution in [0.15, 0.2) is 57.0 Å². The van der Waals surface area contributed by atoms with E-state index in [4.69, 9.17) is 10.1 Å². The average molecular weight is 472 g/mol. The van der Waals surface area contributed by atoms with E-state index in [1.54, 1.807) is 16.8 Å². The normalized spacial score (nSPS) is 17.7. The van der Waals surface area contributed by atoms with Gasteiger partial charge in [0, 0.05) is 35.2 Å². The summed E-state index contributed by atoms with van der Waals surface area (Å²) in [5.74, 6) is 0.742. The third-order valence-corrected chi connectivity index (χ3v) is 6.28. The third kappa shape index (κ3) is 3.91. The zero-order valence-corrected chi connectivity index (χ0v) is 18.9. The molecule has 0 bridgehead atoms. The Labute approximate surface area is 182 Å². The monoisotopic (exact) mass is 471 g/mol. The topological polar surface area (TPSA) is 60.3 Å². The zero-order valence-electron chi connectivity index (χ0n) is 16.5. The highest BCUT2D eigenvalue weighted by Gasteiger charge is 2.34. The Morgan fingerprint density at radius 2 is 1.97 bits per heavy atom. The highest BCUT2D eigenvalue weighted by molar-refractivity contribution is 9.10. The molecule has 2 aliphatic heterocycles. The lowest BCUT2D eigenvalue weighted by Crippen LogP contribution is -2.50. The molecule has 0 saturated heterocycles. The number of rotatable bonds is 4. The molecule has 0 aromatic heterocycles. The van der Waals surface area contributed by atoms with Crippen molar-refractivity contribution in [3.63, 3.8) is 0 Å². The van der Waals surface area contributed by atoms with E-state index in [0.717, 1.165) is 38.5 Å². The van der Waals surface area contributed by atoms with E-state index >= 15 is 0 Å². The van der Waals surface area contributed by atoms with E-state index in [1.807, 2.05) is 44.4 Å². The molecule has 0 fully saturated rings. The molecule has 1 amide bonds. The molecule has 0 saturated carbocycles. The van der Waals surface area contributed by atoms with Crippen molar-refractivity contribution in [1.82, 2.24) is 10.3 Å². The van der Waals surface area contributed by atoms with Gasteiger partial charge in [-0.05, 0) is 42.3 Å². The van der Waals surface area contributed by atoms with Crippen molar-refractivity contribution >= 4 is 50.2 Å². The molecule has 4 rings (SSSR count). The van der Waals surface area contributed by atoms with Crippen LogP contribution in [0.3, 0.4) is 0 Å². The second-order valence-electron chi connectivity index (χ2n) is 7.05. The van der Waals surface area contributed by atoms with Gasteiger partial charge >= 0.3 is 0 Å². The van der Waals surface area contributed by atoms with E-state index in [-0.39, 0.29) is 5.91 Å². The second kappa shape index (κ2) is 8.20. The minimum absolute atomic E-state index is 0.150. The predicted octanol–water partition coefficient (Wildman–Crippen LogP) is 2.80. The number of halogens is 1. The van der Waals surface area contributed by atoms with Gasteiger partial charge in [-0.15, -0.1) is 5.10 Å². The van der Waals surface area contributed by atoms with Gasteiger partial charge in [0.15, 0.2) is 11.3 Å². The molecule has 2 aromatic carbocycles. The number of amidine groups is 1. The number of amides is 1. The third-order valence-electron chi connectivity index (χ3n) is 4.72. The Hall–Kier alpha value is -2.32. The van der Waals surface area contributed by atoms with Crippen LogP contribution < -0.4 is 20.8 Å². The second-order valence-corrected chi connectivity index (χ2v) is 9.05. The van der Waals surface area contributed by atoms with Crippen LogP contribution in [0, 0.1) is 0 Å². The first-order valence-electron chi connectivity index (χ1n) is 9.45. The van der Waals surface area contributed by atoms with E-state index < -0.39 is 6.17 Å². The maximum absolute atomic E-state index is 13.0. The number of fused-ring (bicyclic) bond motifs is 2. The van der Waals surface area contributed by atoms with Gasteiger partial charge in [0.25, 0.3) is 5.91 Å². The molecule has 0 aliphatic carbocycles. The van der Waals surface area contributed by atoms with Crippen molar-refractivity contribution in [2.45, 2.75) is 19.5 Å². The van der Waals surface area contributed by atoms with Crippen LogP contribution in [0.4, 0.5) is 5.69 Å². The summed E-state index contributed by atoms with van der Waals surface area (Å²) in [7, 11) is 4.02. The summed E-state index contributed by atoms with van der Waals surface area (Å²) in [6, 6.07) is 14.0. The lowest BCUT2D eigenvalue weighted by Gasteiger charge is -2.34. The number of thioether (sulfide) groups is 1. The Bertz CT molecular complexity index is 1100. The number of anilines is 1. The van der Waals surface area contributed by atoms with Crippen molar-refractivity contribution in [3.8, 4) is 0 Å². The quantitative estimate of drug-likeness (QED) is 0.744. The molecular weight excluding hydrogens is 450 g/mol. The molecule has 6 nitrogen and oxygen atoms in total. The van der Waals surface area contributed by atoms with E-state index in [9.17, 15) is 4.79 Å². The molecule has 2 heterocycles. The molecule has 29 heavy (non-hydrogen) atoms. The fourth-order valence-electron chi connectivity index (χ4n) is 3.28.